The van der Waals surface area contributed by atoms with E-state index in [9.17, 15) is 8.42 Å². The van der Waals surface area contributed by atoms with Gasteiger partial charge in [0, 0.05) is 18.7 Å². The van der Waals surface area contributed by atoms with Gasteiger partial charge >= 0.3 is 0 Å². The summed E-state index contributed by atoms with van der Waals surface area (Å²) in [5.41, 5.74) is 1.24. The Bertz CT molecular complexity index is 503. The topological polar surface area (TPSA) is 64.0 Å². The van der Waals surface area contributed by atoms with E-state index in [0.717, 1.165) is 19.5 Å². The quantitative estimate of drug-likeness (QED) is 0.826. The van der Waals surface area contributed by atoms with Crippen molar-refractivity contribution in [1.29, 1.82) is 0 Å². The molecule has 0 aliphatic carbocycles. The molecule has 2 unspecified atom stereocenters. The highest BCUT2D eigenvalue weighted by atomic mass is 32.2. The highest BCUT2D eigenvalue weighted by Gasteiger charge is 2.30. The van der Waals surface area contributed by atoms with Gasteiger partial charge in [0.05, 0.1) is 23.7 Å². The van der Waals surface area contributed by atoms with Crippen LogP contribution in [0.5, 0.6) is 0 Å². The number of nitrogens with one attached hydrogen (secondary N) is 1. The molecule has 94 valence electrons. The van der Waals surface area contributed by atoms with Crippen LogP contribution in [0, 0.1) is 0 Å². The number of rotatable bonds is 2. The third-order valence-electron chi connectivity index (χ3n) is 3.74. The van der Waals surface area contributed by atoms with Gasteiger partial charge in [-0.05, 0) is 24.9 Å². The minimum absolute atomic E-state index is 0.0445. The Morgan fingerprint density at radius 2 is 2.29 bits per heavy atom. The fourth-order valence-corrected chi connectivity index (χ4v) is 4.39. The van der Waals surface area contributed by atoms with Crippen molar-refractivity contribution in [3.05, 3.63) is 18.0 Å². The van der Waals surface area contributed by atoms with Gasteiger partial charge in [-0.25, -0.2) is 8.42 Å². The average molecular weight is 255 g/mol. The number of hydrogen-bond acceptors (Lipinski definition) is 4. The van der Waals surface area contributed by atoms with Crippen LogP contribution in [0.4, 0.5) is 0 Å². The summed E-state index contributed by atoms with van der Waals surface area (Å²) in [6, 6.07) is 0.0445. The molecule has 1 N–H and O–H groups in total. The molecule has 6 heteroatoms. The van der Waals surface area contributed by atoms with Crippen LogP contribution >= 0.6 is 0 Å². The third-order valence-corrected chi connectivity index (χ3v) is 5.49. The maximum atomic E-state index is 11.4. The predicted molar refractivity (Wildman–Crippen MR) is 64.8 cm³/mol. The molecule has 2 saturated heterocycles. The molecule has 0 amide bonds. The van der Waals surface area contributed by atoms with E-state index in [1.54, 1.807) is 0 Å². The van der Waals surface area contributed by atoms with Crippen molar-refractivity contribution in [2.24, 2.45) is 0 Å². The Balaban J connectivity index is 1.76. The van der Waals surface area contributed by atoms with Gasteiger partial charge in [0.15, 0.2) is 9.84 Å². The summed E-state index contributed by atoms with van der Waals surface area (Å²) in [7, 11) is -2.83. The lowest BCUT2D eigenvalue weighted by Gasteiger charge is -2.08. The first-order valence-corrected chi connectivity index (χ1v) is 7.91. The van der Waals surface area contributed by atoms with Gasteiger partial charge < -0.3 is 5.32 Å². The zero-order chi connectivity index (χ0) is 11.9. The van der Waals surface area contributed by atoms with Crippen LogP contribution in [0.3, 0.4) is 0 Å². The van der Waals surface area contributed by atoms with Crippen LogP contribution in [0.2, 0.25) is 0 Å². The van der Waals surface area contributed by atoms with Gasteiger partial charge in [-0.3, -0.25) is 4.68 Å². The van der Waals surface area contributed by atoms with Crippen LogP contribution < -0.4 is 5.32 Å². The van der Waals surface area contributed by atoms with E-state index in [1.165, 1.54) is 5.56 Å². The maximum absolute atomic E-state index is 11.4. The van der Waals surface area contributed by atoms with Crippen LogP contribution in [0.15, 0.2) is 12.4 Å². The summed E-state index contributed by atoms with van der Waals surface area (Å²) in [6.07, 6.45) is 5.77. The zero-order valence-electron chi connectivity index (χ0n) is 9.67. The van der Waals surface area contributed by atoms with Gasteiger partial charge in [-0.2, -0.15) is 5.10 Å². The maximum Gasteiger partial charge on any atom is 0.152 e. The van der Waals surface area contributed by atoms with E-state index < -0.39 is 9.84 Å². The molecule has 5 nitrogen and oxygen atoms in total. The molecule has 17 heavy (non-hydrogen) atoms. The molecule has 0 bridgehead atoms. The minimum atomic E-state index is -2.83. The molecule has 0 saturated carbocycles. The molecule has 2 aliphatic rings. The Hall–Kier alpha value is -0.880. The van der Waals surface area contributed by atoms with Crippen LogP contribution in [-0.2, 0) is 9.84 Å². The first kappa shape index (κ1) is 11.2. The van der Waals surface area contributed by atoms with Gasteiger partial charge in [0.1, 0.15) is 0 Å². The van der Waals surface area contributed by atoms with Crippen molar-refractivity contribution >= 4 is 9.84 Å². The highest BCUT2D eigenvalue weighted by molar-refractivity contribution is 7.91. The average Bonchev–Trinajstić information content (AvgIpc) is 2.93. The highest BCUT2D eigenvalue weighted by Crippen LogP contribution is 2.26. The molecule has 2 aliphatic heterocycles. The number of hydrogen-bond donors (Lipinski definition) is 1. The Morgan fingerprint density at radius 3 is 2.94 bits per heavy atom. The molecule has 0 radical (unpaired) electrons. The second kappa shape index (κ2) is 4.10. The lowest BCUT2D eigenvalue weighted by Crippen LogP contribution is -2.11. The van der Waals surface area contributed by atoms with E-state index in [2.05, 4.69) is 10.4 Å². The van der Waals surface area contributed by atoms with Crippen molar-refractivity contribution in [1.82, 2.24) is 15.1 Å². The molecule has 2 fully saturated rings. The number of sulfone groups is 1. The van der Waals surface area contributed by atoms with E-state index in [0.29, 0.717) is 18.1 Å². The van der Waals surface area contributed by atoms with E-state index >= 15 is 0 Å². The van der Waals surface area contributed by atoms with E-state index in [-0.39, 0.29) is 11.8 Å². The van der Waals surface area contributed by atoms with Crippen LogP contribution in [-0.4, -0.2) is 42.8 Å². The molecule has 2 atom stereocenters. The number of aromatic nitrogens is 2. The largest absolute Gasteiger partial charge is 0.316 e. The summed E-state index contributed by atoms with van der Waals surface area (Å²) in [6.45, 7) is 2.07. The first-order valence-electron chi connectivity index (χ1n) is 6.09. The van der Waals surface area contributed by atoms with Crippen molar-refractivity contribution in [3.63, 3.8) is 0 Å². The van der Waals surface area contributed by atoms with Crippen LogP contribution in [0.1, 0.15) is 30.4 Å². The van der Waals surface area contributed by atoms with E-state index in [1.807, 2.05) is 17.1 Å². The van der Waals surface area contributed by atoms with Crippen molar-refractivity contribution in [2.75, 3.05) is 24.6 Å². The van der Waals surface area contributed by atoms with Crippen molar-refractivity contribution < 1.29 is 8.42 Å². The lowest BCUT2D eigenvalue weighted by atomic mass is 10.0. The Labute approximate surface area is 101 Å². The van der Waals surface area contributed by atoms with Gasteiger partial charge in [0.25, 0.3) is 0 Å². The molecule has 0 spiro atoms. The molecular formula is C11H17N3O2S. The predicted octanol–water partition coefficient (Wildman–Crippen LogP) is 0.320. The van der Waals surface area contributed by atoms with Gasteiger partial charge in [-0.15, -0.1) is 0 Å². The second-order valence-corrected chi connectivity index (χ2v) is 7.23. The molecule has 3 rings (SSSR count). The smallest absolute Gasteiger partial charge is 0.152 e. The fourth-order valence-electron chi connectivity index (χ4n) is 2.69. The van der Waals surface area contributed by atoms with Gasteiger partial charge in [0.2, 0.25) is 0 Å². The van der Waals surface area contributed by atoms with Gasteiger partial charge in [-0.1, -0.05) is 0 Å². The SMILES string of the molecule is O=S1(=O)CCC(n2cc(C3CCNC3)cn2)C1. The molecule has 0 aromatic carbocycles. The molecule has 3 heterocycles. The Morgan fingerprint density at radius 1 is 1.41 bits per heavy atom. The van der Waals surface area contributed by atoms with Crippen molar-refractivity contribution in [2.45, 2.75) is 24.8 Å². The summed E-state index contributed by atoms with van der Waals surface area (Å²) < 4.78 is 24.7. The normalized spacial score (nSPS) is 32.0. The fraction of sp³-hybridized carbons (Fsp3) is 0.727. The zero-order valence-corrected chi connectivity index (χ0v) is 10.5. The molecule has 1 aromatic rings. The third kappa shape index (κ3) is 2.24. The second-order valence-electron chi connectivity index (χ2n) is 5.00. The minimum Gasteiger partial charge on any atom is -0.316 e. The summed E-state index contributed by atoms with van der Waals surface area (Å²) in [5.74, 6) is 1.09. The molecular weight excluding hydrogens is 238 g/mol. The number of nitrogens with zero attached hydrogens (tertiary/aromatic N) is 2. The summed E-state index contributed by atoms with van der Waals surface area (Å²) in [4.78, 5) is 0. The lowest BCUT2D eigenvalue weighted by molar-refractivity contribution is 0.499. The summed E-state index contributed by atoms with van der Waals surface area (Å²) in [5, 5.41) is 7.66. The first-order chi connectivity index (χ1) is 8.14. The van der Waals surface area contributed by atoms with Crippen LogP contribution in [0.25, 0.3) is 0 Å². The monoisotopic (exact) mass is 255 g/mol. The van der Waals surface area contributed by atoms with Crippen molar-refractivity contribution in [3.8, 4) is 0 Å². The Kier molecular flexibility index (Phi) is 2.71. The van der Waals surface area contributed by atoms with E-state index in [4.69, 9.17) is 0 Å². The molecule has 1 aromatic heterocycles. The standard InChI is InChI=1S/C11H17N3O2S/c15-17(16)4-2-11(8-17)14-7-10(6-13-14)9-1-3-12-5-9/h6-7,9,11-12H,1-5,8H2. The summed E-state index contributed by atoms with van der Waals surface area (Å²) >= 11 is 0.